The number of benzene rings is 1. The SMILES string of the molecule is CC(C)(C)N1CCn2nc(COc3ccccc3)cc2C1=O. The number of fused-ring (bicyclic) bond motifs is 1. The molecule has 116 valence electrons. The number of carbonyl (C=O) groups excluding carboxylic acids is 1. The van der Waals surface area contributed by atoms with Crippen LogP contribution in [-0.2, 0) is 13.2 Å². The Balaban J connectivity index is 1.74. The van der Waals surface area contributed by atoms with Crippen LogP contribution in [0.4, 0.5) is 0 Å². The Hall–Kier alpha value is -2.30. The van der Waals surface area contributed by atoms with Gasteiger partial charge in [-0.25, -0.2) is 0 Å². The highest BCUT2D eigenvalue weighted by Gasteiger charge is 2.33. The van der Waals surface area contributed by atoms with Crippen LogP contribution in [0.25, 0.3) is 0 Å². The Morgan fingerprint density at radius 3 is 2.59 bits per heavy atom. The van der Waals surface area contributed by atoms with Gasteiger partial charge in [0.15, 0.2) is 0 Å². The van der Waals surface area contributed by atoms with E-state index in [1.807, 2.05) is 41.3 Å². The predicted octanol–water partition coefficient (Wildman–Crippen LogP) is 2.72. The number of nitrogens with zero attached hydrogens (tertiary/aromatic N) is 3. The Kier molecular flexibility index (Phi) is 3.64. The number of hydrogen-bond donors (Lipinski definition) is 0. The predicted molar refractivity (Wildman–Crippen MR) is 83.8 cm³/mol. The van der Waals surface area contributed by atoms with Crippen molar-refractivity contribution in [3.8, 4) is 5.75 Å². The van der Waals surface area contributed by atoms with Crippen molar-refractivity contribution in [1.82, 2.24) is 14.7 Å². The largest absolute Gasteiger partial charge is 0.487 e. The summed E-state index contributed by atoms with van der Waals surface area (Å²) in [5.74, 6) is 0.841. The van der Waals surface area contributed by atoms with Crippen LogP contribution >= 0.6 is 0 Å². The van der Waals surface area contributed by atoms with E-state index in [2.05, 4.69) is 25.9 Å². The Morgan fingerprint density at radius 2 is 1.91 bits per heavy atom. The standard InChI is InChI=1S/C17H21N3O2/c1-17(2,3)19-9-10-20-15(16(19)21)11-13(18-20)12-22-14-7-5-4-6-8-14/h4-8,11H,9-10,12H2,1-3H3. The van der Waals surface area contributed by atoms with E-state index in [9.17, 15) is 4.79 Å². The average Bonchev–Trinajstić information content (AvgIpc) is 2.89. The lowest BCUT2D eigenvalue weighted by atomic mass is 10.0. The van der Waals surface area contributed by atoms with Gasteiger partial charge in [-0.3, -0.25) is 9.48 Å². The van der Waals surface area contributed by atoms with Crippen LogP contribution < -0.4 is 4.74 Å². The van der Waals surface area contributed by atoms with Crippen LogP contribution in [0.1, 0.15) is 37.0 Å². The first-order chi connectivity index (χ1) is 10.4. The van der Waals surface area contributed by atoms with Crippen molar-refractivity contribution in [2.24, 2.45) is 0 Å². The lowest BCUT2D eigenvalue weighted by molar-refractivity contribution is 0.0505. The van der Waals surface area contributed by atoms with Crippen LogP contribution in [0, 0.1) is 0 Å². The molecule has 1 aliphatic heterocycles. The quantitative estimate of drug-likeness (QED) is 0.875. The van der Waals surface area contributed by atoms with Crippen LogP contribution in [0.3, 0.4) is 0 Å². The highest BCUT2D eigenvalue weighted by Crippen LogP contribution is 2.22. The van der Waals surface area contributed by atoms with Crippen molar-refractivity contribution in [2.75, 3.05) is 6.54 Å². The van der Waals surface area contributed by atoms with Gasteiger partial charge in [0.1, 0.15) is 23.7 Å². The van der Waals surface area contributed by atoms with E-state index in [-0.39, 0.29) is 11.4 Å². The molecule has 5 heteroatoms. The summed E-state index contributed by atoms with van der Waals surface area (Å²) in [5, 5.41) is 4.48. The van der Waals surface area contributed by atoms with Crippen molar-refractivity contribution < 1.29 is 9.53 Å². The molecular weight excluding hydrogens is 278 g/mol. The maximum absolute atomic E-state index is 12.6. The maximum Gasteiger partial charge on any atom is 0.272 e. The minimum absolute atomic E-state index is 0.0391. The van der Waals surface area contributed by atoms with Gasteiger partial charge in [0.05, 0.1) is 6.54 Å². The Labute approximate surface area is 130 Å². The molecule has 3 rings (SSSR count). The number of ether oxygens (including phenoxy) is 1. The molecule has 0 aliphatic carbocycles. The zero-order valence-electron chi connectivity index (χ0n) is 13.2. The monoisotopic (exact) mass is 299 g/mol. The second kappa shape index (κ2) is 5.48. The van der Waals surface area contributed by atoms with E-state index in [0.29, 0.717) is 18.8 Å². The van der Waals surface area contributed by atoms with Gasteiger partial charge in [0.25, 0.3) is 5.91 Å². The minimum atomic E-state index is -0.173. The van der Waals surface area contributed by atoms with Crippen LogP contribution in [0.15, 0.2) is 36.4 Å². The topological polar surface area (TPSA) is 47.4 Å². The summed E-state index contributed by atoms with van der Waals surface area (Å²) >= 11 is 0. The first-order valence-corrected chi connectivity index (χ1v) is 7.52. The summed E-state index contributed by atoms with van der Waals surface area (Å²) < 4.78 is 7.48. The zero-order valence-corrected chi connectivity index (χ0v) is 13.2. The molecule has 0 unspecified atom stereocenters. The third-order valence-electron chi connectivity index (χ3n) is 3.77. The fourth-order valence-electron chi connectivity index (χ4n) is 2.63. The molecule has 0 bridgehead atoms. The summed E-state index contributed by atoms with van der Waals surface area (Å²) in [7, 11) is 0. The highest BCUT2D eigenvalue weighted by atomic mass is 16.5. The number of para-hydroxylation sites is 1. The molecule has 1 aliphatic rings. The summed E-state index contributed by atoms with van der Waals surface area (Å²) in [6.07, 6.45) is 0. The van der Waals surface area contributed by atoms with Gasteiger partial charge in [-0.2, -0.15) is 5.10 Å². The van der Waals surface area contributed by atoms with E-state index in [0.717, 1.165) is 18.0 Å². The molecule has 0 radical (unpaired) electrons. The van der Waals surface area contributed by atoms with Gasteiger partial charge in [0.2, 0.25) is 0 Å². The molecule has 5 nitrogen and oxygen atoms in total. The number of hydrogen-bond acceptors (Lipinski definition) is 3. The first kappa shape index (κ1) is 14.6. The first-order valence-electron chi connectivity index (χ1n) is 7.52. The zero-order chi connectivity index (χ0) is 15.7. The number of aromatic nitrogens is 2. The van der Waals surface area contributed by atoms with E-state index in [4.69, 9.17) is 4.74 Å². The fourth-order valence-corrected chi connectivity index (χ4v) is 2.63. The van der Waals surface area contributed by atoms with Crippen molar-refractivity contribution in [2.45, 2.75) is 39.5 Å². The van der Waals surface area contributed by atoms with Crippen molar-refractivity contribution in [1.29, 1.82) is 0 Å². The van der Waals surface area contributed by atoms with E-state index >= 15 is 0 Å². The van der Waals surface area contributed by atoms with Gasteiger partial charge in [-0.05, 0) is 39.0 Å². The second-order valence-corrected chi connectivity index (χ2v) is 6.47. The lowest BCUT2D eigenvalue weighted by Gasteiger charge is -2.38. The van der Waals surface area contributed by atoms with Crippen molar-refractivity contribution in [3.05, 3.63) is 47.8 Å². The number of carbonyl (C=O) groups is 1. The van der Waals surface area contributed by atoms with Crippen molar-refractivity contribution >= 4 is 5.91 Å². The van der Waals surface area contributed by atoms with Crippen LogP contribution in [-0.4, -0.2) is 32.7 Å². The molecule has 0 fully saturated rings. The summed E-state index contributed by atoms with van der Waals surface area (Å²) in [4.78, 5) is 14.5. The summed E-state index contributed by atoms with van der Waals surface area (Å²) in [5.41, 5.74) is 1.25. The van der Waals surface area contributed by atoms with Gasteiger partial charge in [-0.1, -0.05) is 18.2 Å². The summed E-state index contributed by atoms with van der Waals surface area (Å²) in [6.45, 7) is 7.94. The highest BCUT2D eigenvalue weighted by molar-refractivity contribution is 5.93. The smallest absolute Gasteiger partial charge is 0.272 e. The molecule has 1 aromatic heterocycles. The van der Waals surface area contributed by atoms with Gasteiger partial charge < -0.3 is 9.64 Å². The molecule has 0 N–H and O–H groups in total. The van der Waals surface area contributed by atoms with E-state index in [1.165, 1.54) is 0 Å². The Bertz CT molecular complexity index is 671. The average molecular weight is 299 g/mol. The molecule has 0 saturated carbocycles. The van der Waals surface area contributed by atoms with Crippen LogP contribution in [0.2, 0.25) is 0 Å². The molecule has 1 amide bonds. The van der Waals surface area contributed by atoms with E-state index in [1.54, 1.807) is 4.68 Å². The third-order valence-corrected chi connectivity index (χ3v) is 3.77. The number of amides is 1. The lowest BCUT2D eigenvalue weighted by Crippen LogP contribution is -2.50. The molecule has 0 saturated heterocycles. The number of rotatable bonds is 3. The Morgan fingerprint density at radius 1 is 1.18 bits per heavy atom. The fraction of sp³-hybridized carbons (Fsp3) is 0.412. The molecule has 0 spiro atoms. The van der Waals surface area contributed by atoms with Gasteiger partial charge >= 0.3 is 0 Å². The normalized spacial score (nSPS) is 14.9. The van der Waals surface area contributed by atoms with Gasteiger partial charge in [-0.15, -0.1) is 0 Å². The van der Waals surface area contributed by atoms with E-state index < -0.39 is 0 Å². The molecular formula is C17H21N3O2. The second-order valence-electron chi connectivity index (χ2n) is 6.47. The molecule has 0 atom stereocenters. The summed E-state index contributed by atoms with van der Waals surface area (Å²) in [6, 6.07) is 11.5. The maximum atomic E-state index is 12.6. The molecule has 1 aromatic carbocycles. The molecule has 2 heterocycles. The van der Waals surface area contributed by atoms with Crippen molar-refractivity contribution in [3.63, 3.8) is 0 Å². The van der Waals surface area contributed by atoms with Crippen LogP contribution in [0.5, 0.6) is 5.75 Å². The minimum Gasteiger partial charge on any atom is -0.487 e. The molecule has 22 heavy (non-hydrogen) atoms. The van der Waals surface area contributed by atoms with Gasteiger partial charge in [0, 0.05) is 12.1 Å². The third kappa shape index (κ3) is 2.84. The molecule has 2 aromatic rings.